The number of nitrogens with one attached hydrogen (secondary N) is 1. The molecule has 110 valence electrons. The summed E-state index contributed by atoms with van der Waals surface area (Å²) in [5.74, 6) is 1.78. The third-order valence-corrected chi connectivity index (χ3v) is 4.81. The van der Waals surface area contributed by atoms with Crippen LogP contribution in [0.4, 0.5) is 0 Å². The molecule has 0 bridgehead atoms. The van der Waals surface area contributed by atoms with E-state index in [-0.39, 0.29) is 0 Å². The number of ether oxygens (including phenoxy) is 2. The minimum absolute atomic E-state index is 0.575. The normalized spacial score (nSPS) is 20.1. The van der Waals surface area contributed by atoms with E-state index in [1.54, 1.807) is 0 Å². The molecule has 1 heterocycles. The molecular weight excluding hydrogens is 250 g/mol. The van der Waals surface area contributed by atoms with Crippen LogP contribution in [0.15, 0.2) is 18.2 Å². The van der Waals surface area contributed by atoms with Crippen LogP contribution in [-0.2, 0) is 6.54 Å². The quantitative estimate of drug-likeness (QED) is 0.892. The van der Waals surface area contributed by atoms with Gasteiger partial charge in [-0.2, -0.15) is 0 Å². The van der Waals surface area contributed by atoms with Crippen molar-refractivity contribution in [1.29, 1.82) is 0 Å². The molecule has 20 heavy (non-hydrogen) atoms. The smallest absolute Gasteiger partial charge is 0.161 e. The Hall–Kier alpha value is -1.22. The zero-order valence-electron chi connectivity index (χ0n) is 12.4. The van der Waals surface area contributed by atoms with Gasteiger partial charge in [0.15, 0.2) is 11.5 Å². The summed E-state index contributed by atoms with van der Waals surface area (Å²) >= 11 is 0. The van der Waals surface area contributed by atoms with E-state index in [1.807, 2.05) is 6.07 Å². The molecule has 0 amide bonds. The largest absolute Gasteiger partial charge is 0.490 e. The second-order valence-corrected chi connectivity index (χ2v) is 6.14. The predicted octanol–water partition coefficient (Wildman–Crippen LogP) is 3.52. The molecule has 1 aromatic rings. The number of rotatable bonds is 5. The summed E-state index contributed by atoms with van der Waals surface area (Å²) in [4.78, 5) is 0. The van der Waals surface area contributed by atoms with Crippen LogP contribution in [-0.4, -0.2) is 19.8 Å². The summed E-state index contributed by atoms with van der Waals surface area (Å²) in [5, 5.41) is 3.62. The highest BCUT2D eigenvalue weighted by Gasteiger charge is 2.34. The van der Waals surface area contributed by atoms with Gasteiger partial charge < -0.3 is 14.8 Å². The summed E-state index contributed by atoms with van der Waals surface area (Å²) in [6.07, 6.45) is 6.43. The standard InChI is InChI=1S/C17H25NO2/c1-2-17(7-3-8-17)13-18-12-14-5-6-15-16(11-14)20-10-4-9-19-15/h5-6,11,18H,2-4,7-10,12-13H2,1H3. The lowest BCUT2D eigenvalue weighted by Gasteiger charge is -2.41. The van der Waals surface area contributed by atoms with Gasteiger partial charge in [0, 0.05) is 19.5 Å². The molecule has 0 aromatic heterocycles. The fourth-order valence-electron chi connectivity index (χ4n) is 3.12. The van der Waals surface area contributed by atoms with Crippen LogP contribution in [0.1, 0.15) is 44.6 Å². The number of fused-ring (bicyclic) bond motifs is 1. The Bertz CT molecular complexity index is 449. The Morgan fingerprint density at radius 3 is 2.60 bits per heavy atom. The zero-order valence-corrected chi connectivity index (χ0v) is 12.4. The summed E-state index contributed by atoms with van der Waals surface area (Å²) in [7, 11) is 0. The molecule has 1 fully saturated rings. The second-order valence-electron chi connectivity index (χ2n) is 6.14. The number of hydrogen-bond donors (Lipinski definition) is 1. The van der Waals surface area contributed by atoms with Crippen LogP contribution in [0, 0.1) is 5.41 Å². The van der Waals surface area contributed by atoms with Crippen LogP contribution < -0.4 is 14.8 Å². The summed E-state index contributed by atoms with van der Waals surface area (Å²) in [6, 6.07) is 6.30. The average molecular weight is 275 g/mol. The molecule has 3 nitrogen and oxygen atoms in total. The molecule has 0 atom stereocenters. The molecule has 3 heteroatoms. The SMILES string of the molecule is CCC1(CNCc2ccc3c(c2)OCCCO3)CCC1. The molecule has 0 saturated heterocycles. The molecule has 2 aliphatic rings. The van der Waals surface area contributed by atoms with Gasteiger partial charge in [0.2, 0.25) is 0 Å². The predicted molar refractivity (Wildman–Crippen MR) is 80.3 cm³/mol. The van der Waals surface area contributed by atoms with Crippen molar-refractivity contribution in [2.45, 2.75) is 45.6 Å². The lowest BCUT2D eigenvalue weighted by molar-refractivity contribution is 0.124. The van der Waals surface area contributed by atoms with E-state index in [0.29, 0.717) is 5.41 Å². The first kappa shape index (κ1) is 13.7. The third-order valence-electron chi connectivity index (χ3n) is 4.81. The molecule has 1 aromatic carbocycles. The van der Waals surface area contributed by atoms with Gasteiger partial charge in [-0.15, -0.1) is 0 Å². The fraction of sp³-hybridized carbons (Fsp3) is 0.647. The van der Waals surface area contributed by atoms with Crippen molar-refractivity contribution < 1.29 is 9.47 Å². The van der Waals surface area contributed by atoms with Gasteiger partial charge in [0.1, 0.15) is 0 Å². The van der Waals surface area contributed by atoms with Crippen molar-refractivity contribution in [3.8, 4) is 11.5 Å². The fourth-order valence-corrected chi connectivity index (χ4v) is 3.12. The molecule has 3 rings (SSSR count). The van der Waals surface area contributed by atoms with Crippen molar-refractivity contribution in [2.75, 3.05) is 19.8 Å². The van der Waals surface area contributed by atoms with E-state index >= 15 is 0 Å². The second kappa shape index (κ2) is 6.04. The van der Waals surface area contributed by atoms with Gasteiger partial charge in [-0.05, 0) is 42.4 Å². The first-order chi connectivity index (χ1) is 9.81. The molecule has 0 radical (unpaired) electrons. The Morgan fingerprint density at radius 1 is 1.10 bits per heavy atom. The molecule has 1 N–H and O–H groups in total. The number of hydrogen-bond acceptors (Lipinski definition) is 3. The Morgan fingerprint density at radius 2 is 1.90 bits per heavy atom. The minimum atomic E-state index is 0.575. The molecule has 1 aliphatic carbocycles. The lowest BCUT2D eigenvalue weighted by atomic mass is 9.67. The van der Waals surface area contributed by atoms with Crippen molar-refractivity contribution in [3.63, 3.8) is 0 Å². The summed E-state index contributed by atoms with van der Waals surface area (Å²) in [5.41, 5.74) is 1.85. The van der Waals surface area contributed by atoms with Gasteiger partial charge in [-0.1, -0.05) is 19.4 Å². The van der Waals surface area contributed by atoms with Crippen LogP contribution in [0.2, 0.25) is 0 Å². The van der Waals surface area contributed by atoms with Crippen molar-refractivity contribution >= 4 is 0 Å². The lowest BCUT2D eigenvalue weighted by Crippen LogP contribution is -2.39. The molecule has 1 saturated carbocycles. The van der Waals surface area contributed by atoms with E-state index in [9.17, 15) is 0 Å². The van der Waals surface area contributed by atoms with Crippen molar-refractivity contribution in [1.82, 2.24) is 5.32 Å². The maximum atomic E-state index is 5.74. The van der Waals surface area contributed by atoms with Gasteiger partial charge in [-0.25, -0.2) is 0 Å². The maximum Gasteiger partial charge on any atom is 0.161 e. The van der Waals surface area contributed by atoms with E-state index in [2.05, 4.69) is 24.4 Å². The van der Waals surface area contributed by atoms with E-state index in [4.69, 9.17) is 9.47 Å². The highest BCUT2D eigenvalue weighted by atomic mass is 16.5. The Balaban J connectivity index is 1.56. The molecule has 0 unspecified atom stereocenters. The number of benzene rings is 1. The van der Waals surface area contributed by atoms with E-state index < -0.39 is 0 Å². The monoisotopic (exact) mass is 275 g/mol. The third kappa shape index (κ3) is 2.93. The molecule has 1 aliphatic heterocycles. The van der Waals surface area contributed by atoms with E-state index in [1.165, 1.54) is 31.2 Å². The summed E-state index contributed by atoms with van der Waals surface area (Å²) < 4.78 is 11.4. The zero-order chi connectivity index (χ0) is 13.8. The van der Waals surface area contributed by atoms with Gasteiger partial charge in [0.25, 0.3) is 0 Å². The molecular formula is C17H25NO2. The first-order valence-corrected chi connectivity index (χ1v) is 7.91. The van der Waals surface area contributed by atoms with Crippen LogP contribution in [0.25, 0.3) is 0 Å². The topological polar surface area (TPSA) is 30.5 Å². The maximum absolute atomic E-state index is 5.74. The first-order valence-electron chi connectivity index (χ1n) is 7.91. The van der Waals surface area contributed by atoms with Crippen LogP contribution in [0.3, 0.4) is 0 Å². The van der Waals surface area contributed by atoms with Gasteiger partial charge >= 0.3 is 0 Å². The van der Waals surface area contributed by atoms with Crippen molar-refractivity contribution in [2.24, 2.45) is 5.41 Å². The van der Waals surface area contributed by atoms with Crippen LogP contribution in [0.5, 0.6) is 11.5 Å². The van der Waals surface area contributed by atoms with E-state index in [0.717, 1.165) is 44.2 Å². The minimum Gasteiger partial charge on any atom is -0.490 e. The van der Waals surface area contributed by atoms with Crippen LogP contribution >= 0.6 is 0 Å². The molecule has 0 spiro atoms. The van der Waals surface area contributed by atoms with Gasteiger partial charge in [0.05, 0.1) is 13.2 Å². The van der Waals surface area contributed by atoms with Gasteiger partial charge in [-0.3, -0.25) is 0 Å². The summed E-state index contributed by atoms with van der Waals surface area (Å²) in [6.45, 7) is 5.87. The average Bonchev–Trinajstić information content (AvgIpc) is 2.66. The highest BCUT2D eigenvalue weighted by Crippen LogP contribution is 2.43. The Kier molecular flexibility index (Phi) is 4.16. The highest BCUT2D eigenvalue weighted by molar-refractivity contribution is 5.43. The Labute approximate surface area is 121 Å². The van der Waals surface area contributed by atoms with Crippen molar-refractivity contribution in [3.05, 3.63) is 23.8 Å².